The quantitative estimate of drug-likeness (QED) is 0.759. The molecule has 1 aromatic rings. The van der Waals surface area contributed by atoms with Gasteiger partial charge in [0.05, 0.1) is 17.6 Å². The van der Waals surface area contributed by atoms with Crippen molar-refractivity contribution < 1.29 is 18.0 Å². The molecule has 1 rings (SSSR count). The summed E-state index contributed by atoms with van der Waals surface area (Å²) in [5.74, 6) is -0.905. The Kier molecular flexibility index (Phi) is 4.27. The van der Waals surface area contributed by atoms with Crippen LogP contribution in [0.4, 0.5) is 13.2 Å². The number of halogens is 3. The van der Waals surface area contributed by atoms with E-state index in [1.165, 1.54) is 18.2 Å². The number of alkyl halides is 3. The summed E-state index contributed by atoms with van der Waals surface area (Å²) in [5, 5.41) is 8.86. The number of hydrogen-bond acceptors (Lipinski definition) is 2. The maximum absolute atomic E-state index is 12.7. The van der Waals surface area contributed by atoms with Gasteiger partial charge in [-0.15, -0.1) is 0 Å². The van der Waals surface area contributed by atoms with E-state index in [1.54, 1.807) is 6.07 Å². The Morgan fingerprint density at radius 2 is 2.00 bits per heavy atom. The van der Waals surface area contributed by atoms with Gasteiger partial charge in [-0.25, -0.2) is 0 Å². The fourth-order valence-electron chi connectivity index (χ4n) is 1.58. The summed E-state index contributed by atoms with van der Waals surface area (Å²) in [5.41, 5.74) is -0.873. The highest BCUT2D eigenvalue weighted by Gasteiger charge is 2.34. The lowest BCUT2D eigenvalue weighted by Gasteiger charge is -2.15. The fraction of sp³-hybridized carbons (Fsp3) is 0.333. The summed E-state index contributed by atoms with van der Waals surface area (Å²) in [7, 11) is 0. The molecule has 1 atom stereocenters. The Morgan fingerprint density at radius 1 is 1.35 bits per heavy atom. The Bertz CT molecular complexity index is 434. The van der Waals surface area contributed by atoms with E-state index in [0.717, 1.165) is 6.07 Å². The molecule has 17 heavy (non-hydrogen) atoms. The zero-order valence-corrected chi connectivity index (χ0v) is 8.87. The molecule has 0 spiro atoms. The number of nitriles is 1. The van der Waals surface area contributed by atoms with Crippen LogP contribution in [0, 0.1) is 11.3 Å². The molecule has 0 saturated carbocycles. The second-order valence-electron chi connectivity index (χ2n) is 3.51. The largest absolute Gasteiger partial charge is 0.416 e. The first-order valence-electron chi connectivity index (χ1n) is 5.00. The molecular formula is C12H10F3NO. The molecule has 0 bridgehead atoms. The highest BCUT2D eigenvalue weighted by molar-refractivity contribution is 5.50. The van der Waals surface area contributed by atoms with Crippen molar-refractivity contribution >= 4 is 6.29 Å². The summed E-state index contributed by atoms with van der Waals surface area (Å²) in [6, 6.07) is 6.76. The zero-order chi connectivity index (χ0) is 12.9. The number of rotatable bonds is 4. The lowest BCUT2D eigenvalue weighted by Crippen LogP contribution is -2.11. The van der Waals surface area contributed by atoms with Crippen molar-refractivity contribution in [2.75, 3.05) is 0 Å². The monoisotopic (exact) mass is 241 g/mol. The molecule has 0 heterocycles. The molecule has 0 radical (unpaired) electrons. The molecule has 1 aromatic carbocycles. The summed E-state index contributed by atoms with van der Waals surface area (Å²) in [6.45, 7) is 0. The predicted molar refractivity (Wildman–Crippen MR) is 55.1 cm³/mol. The van der Waals surface area contributed by atoms with Crippen molar-refractivity contribution in [3.8, 4) is 6.07 Å². The van der Waals surface area contributed by atoms with E-state index in [4.69, 9.17) is 5.26 Å². The molecule has 2 nitrogen and oxygen atoms in total. The van der Waals surface area contributed by atoms with Crippen LogP contribution in [-0.2, 0) is 11.0 Å². The lowest BCUT2D eigenvalue weighted by molar-refractivity contribution is -0.138. The highest BCUT2D eigenvalue weighted by atomic mass is 19.4. The van der Waals surface area contributed by atoms with Crippen LogP contribution in [0.1, 0.15) is 29.9 Å². The number of hydrogen-bond donors (Lipinski definition) is 0. The molecule has 0 unspecified atom stereocenters. The van der Waals surface area contributed by atoms with Crippen molar-refractivity contribution in [2.45, 2.75) is 24.9 Å². The average molecular weight is 241 g/mol. The van der Waals surface area contributed by atoms with Gasteiger partial charge in [0.25, 0.3) is 0 Å². The van der Waals surface area contributed by atoms with Crippen LogP contribution in [0.3, 0.4) is 0 Å². The van der Waals surface area contributed by atoms with E-state index in [9.17, 15) is 18.0 Å². The van der Waals surface area contributed by atoms with Crippen LogP contribution < -0.4 is 0 Å². The van der Waals surface area contributed by atoms with E-state index < -0.39 is 17.7 Å². The van der Waals surface area contributed by atoms with E-state index in [-0.39, 0.29) is 18.4 Å². The molecule has 5 heteroatoms. The zero-order valence-electron chi connectivity index (χ0n) is 8.87. The third-order valence-electron chi connectivity index (χ3n) is 2.37. The van der Waals surface area contributed by atoms with Crippen LogP contribution >= 0.6 is 0 Å². The number of nitrogens with zero attached hydrogens (tertiary/aromatic N) is 1. The van der Waals surface area contributed by atoms with E-state index in [2.05, 4.69) is 0 Å². The molecule has 0 saturated heterocycles. The van der Waals surface area contributed by atoms with E-state index >= 15 is 0 Å². The van der Waals surface area contributed by atoms with Crippen molar-refractivity contribution in [3.63, 3.8) is 0 Å². The van der Waals surface area contributed by atoms with Gasteiger partial charge in [-0.05, 0) is 18.1 Å². The van der Waals surface area contributed by atoms with Crippen LogP contribution in [0.5, 0.6) is 0 Å². The standard InChI is InChI=1S/C12H10F3NO/c13-12(14,15)11-6-2-1-5-10(11)9(8-16)4-3-7-17/h1-2,5-7,9H,3-4H2/t9-/m1/s1. The van der Waals surface area contributed by atoms with Gasteiger partial charge < -0.3 is 4.79 Å². The van der Waals surface area contributed by atoms with E-state index in [1.807, 2.05) is 0 Å². The second kappa shape index (κ2) is 5.48. The Labute approximate surface area is 96.7 Å². The maximum Gasteiger partial charge on any atom is 0.416 e. The number of benzene rings is 1. The normalized spacial score (nSPS) is 12.8. The molecule has 0 fully saturated rings. The van der Waals surface area contributed by atoms with Gasteiger partial charge in [-0.2, -0.15) is 18.4 Å². The Hall–Kier alpha value is -1.83. The minimum absolute atomic E-state index is 0.0654. The first-order chi connectivity index (χ1) is 8.00. The first-order valence-corrected chi connectivity index (χ1v) is 5.00. The van der Waals surface area contributed by atoms with Crippen molar-refractivity contribution in [1.29, 1.82) is 5.26 Å². The van der Waals surface area contributed by atoms with Crippen LogP contribution in [0.15, 0.2) is 24.3 Å². The van der Waals surface area contributed by atoms with Crippen molar-refractivity contribution in [2.24, 2.45) is 0 Å². The van der Waals surface area contributed by atoms with Gasteiger partial charge in [0.15, 0.2) is 0 Å². The highest BCUT2D eigenvalue weighted by Crippen LogP contribution is 2.36. The maximum atomic E-state index is 12.7. The number of aldehydes is 1. The summed E-state index contributed by atoms with van der Waals surface area (Å²) < 4.78 is 38.1. The number of carbonyl (C=O) groups excluding carboxylic acids is 1. The minimum Gasteiger partial charge on any atom is -0.303 e. The van der Waals surface area contributed by atoms with Gasteiger partial charge in [0.2, 0.25) is 0 Å². The van der Waals surface area contributed by atoms with Crippen LogP contribution in [-0.4, -0.2) is 6.29 Å². The van der Waals surface area contributed by atoms with E-state index in [0.29, 0.717) is 6.29 Å². The van der Waals surface area contributed by atoms with Crippen LogP contribution in [0.25, 0.3) is 0 Å². The van der Waals surface area contributed by atoms with Crippen LogP contribution in [0.2, 0.25) is 0 Å². The molecule has 90 valence electrons. The van der Waals surface area contributed by atoms with Crippen molar-refractivity contribution in [1.82, 2.24) is 0 Å². The average Bonchev–Trinajstić information content (AvgIpc) is 2.29. The van der Waals surface area contributed by atoms with Gasteiger partial charge in [0.1, 0.15) is 6.29 Å². The SMILES string of the molecule is N#C[C@@H](CCC=O)c1ccccc1C(F)(F)F. The van der Waals surface area contributed by atoms with Gasteiger partial charge >= 0.3 is 6.18 Å². The molecular weight excluding hydrogens is 231 g/mol. The Morgan fingerprint density at radius 3 is 2.53 bits per heavy atom. The van der Waals surface area contributed by atoms with Gasteiger partial charge in [-0.1, -0.05) is 18.2 Å². The van der Waals surface area contributed by atoms with Gasteiger partial charge in [0, 0.05) is 6.42 Å². The summed E-state index contributed by atoms with van der Waals surface area (Å²) in [6.07, 6.45) is -3.70. The molecule has 0 aliphatic heterocycles. The Balaban J connectivity index is 3.12. The number of carbonyl (C=O) groups is 1. The topological polar surface area (TPSA) is 40.9 Å². The second-order valence-corrected chi connectivity index (χ2v) is 3.51. The predicted octanol–water partition coefficient (Wildman–Crippen LogP) is 3.29. The van der Waals surface area contributed by atoms with Gasteiger partial charge in [-0.3, -0.25) is 0 Å². The third-order valence-corrected chi connectivity index (χ3v) is 2.37. The molecule has 0 aliphatic carbocycles. The van der Waals surface area contributed by atoms with Crippen molar-refractivity contribution in [3.05, 3.63) is 35.4 Å². The molecule has 0 amide bonds. The summed E-state index contributed by atoms with van der Waals surface area (Å²) in [4.78, 5) is 10.2. The molecule has 0 aromatic heterocycles. The minimum atomic E-state index is -4.48. The summed E-state index contributed by atoms with van der Waals surface area (Å²) >= 11 is 0. The first kappa shape index (κ1) is 13.2. The molecule has 0 N–H and O–H groups in total. The fourth-order valence-corrected chi connectivity index (χ4v) is 1.58. The lowest BCUT2D eigenvalue weighted by atomic mass is 9.91. The smallest absolute Gasteiger partial charge is 0.303 e. The molecule has 0 aliphatic rings. The third kappa shape index (κ3) is 3.31.